The predicted molar refractivity (Wildman–Crippen MR) is 82.6 cm³/mol. The molecular weight excluding hydrogens is 275 g/mol. The van der Waals surface area contributed by atoms with E-state index in [1.54, 1.807) is 6.92 Å². The van der Waals surface area contributed by atoms with Gasteiger partial charge in [0.15, 0.2) is 0 Å². The van der Waals surface area contributed by atoms with Crippen LogP contribution in [0.4, 0.5) is 10.3 Å². The molecule has 0 radical (unpaired) electrons. The molecule has 1 aliphatic rings. The fourth-order valence-electron chi connectivity index (χ4n) is 2.57. The second-order valence-electron chi connectivity index (χ2n) is 5.17. The summed E-state index contributed by atoms with van der Waals surface area (Å²) >= 11 is 2.00. The highest BCUT2D eigenvalue weighted by molar-refractivity contribution is 7.99. The average Bonchev–Trinajstić information content (AvgIpc) is 2.73. The zero-order valence-electron chi connectivity index (χ0n) is 11.6. The van der Waals surface area contributed by atoms with Gasteiger partial charge in [-0.15, -0.1) is 0 Å². The van der Waals surface area contributed by atoms with E-state index in [0.29, 0.717) is 17.0 Å². The van der Waals surface area contributed by atoms with Crippen LogP contribution in [-0.2, 0) is 6.54 Å². The Morgan fingerprint density at radius 1 is 1.30 bits per heavy atom. The average molecular weight is 294 g/mol. The Labute approximate surface area is 122 Å². The van der Waals surface area contributed by atoms with Gasteiger partial charge < -0.3 is 10.3 Å². The summed E-state index contributed by atoms with van der Waals surface area (Å²) in [6, 6.07) is 3.30. The summed E-state index contributed by atoms with van der Waals surface area (Å²) in [4.78, 5) is 6.70. The van der Waals surface area contributed by atoms with Crippen LogP contribution >= 0.6 is 11.8 Å². The van der Waals surface area contributed by atoms with Crippen LogP contribution in [0.15, 0.2) is 12.1 Å². The normalized spacial score (nSPS) is 16.9. The Bertz CT molecular complexity index is 619. The van der Waals surface area contributed by atoms with Crippen molar-refractivity contribution < 1.29 is 4.39 Å². The third kappa shape index (κ3) is 2.62. The fraction of sp³-hybridized carbons (Fsp3) is 0.500. The van der Waals surface area contributed by atoms with Gasteiger partial charge in [0, 0.05) is 43.8 Å². The largest absolute Gasteiger partial charge is 0.369 e. The molecule has 0 aliphatic carbocycles. The zero-order chi connectivity index (χ0) is 14.1. The van der Waals surface area contributed by atoms with Crippen molar-refractivity contribution in [2.45, 2.75) is 13.5 Å². The summed E-state index contributed by atoms with van der Waals surface area (Å²) in [5, 5.41) is 0. The van der Waals surface area contributed by atoms with E-state index in [1.807, 2.05) is 22.4 Å². The van der Waals surface area contributed by atoms with E-state index in [0.717, 1.165) is 31.7 Å². The van der Waals surface area contributed by atoms with Crippen LogP contribution in [0.3, 0.4) is 0 Å². The first-order valence-corrected chi connectivity index (χ1v) is 8.02. The summed E-state index contributed by atoms with van der Waals surface area (Å²) in [7, 11) is 0. The highest BCUT2D eigenvalue weighted by Crippen LogP contribution is 2.21. The van der Waals surface area contributed by atoms with E-state index in [2.05, 4.69) is 9.88 Å². The van der Waals surface area contributed by atoms with Gasteiger partial charge in [-0.05, 0) is 18.6 Å². The van der Waals surface area contributed by atoms with Crippen molar-refractivity contribution in [1.29, 1.82) is 0 Å². The van der Waals surface area contributed by atoms with E-state index in [9.17, 15) is 4.39 Å². The van der Waals surface area contributed by atoms with Crippen LogP contribution in [0.2, 0.25) is 0 Å². The number of anilines is 1. The lowest BCUT2D eigenvalue weighted by molar-refractivity contribution is 0.291. The van der Waals surface area contributed by atoms with Crippen LogP contribution < -0.4 is 5.73 Å². The molecule has 0 unspecified atom stereocenters. The van der Waals surface area contributed by atoms with Crippen molar-refractivity contribution in [3.63, 3.8) is 0 Å². The number of fused-ring (bicyclic) bond motifs is 1. The fourth-order valence-corrected chi connectivity index (χ4v) is 3.55. The van der Waals surface area contributed by atoms with E-state index in [1.165, 1.54) is 17.6 Å². The summed E-state index contributed by atoms with van der Waals surface area (Å²) in [6.45, 7) is 5.80. The van der Waals surface area contributed by atoms with Gasteiger partial charge in [0.05, 0.1) is 11.0 Å². The molecule has 20 heavy (non-hydrogen) atoms. The van der Waals surface area contributed by atoms with Crippen LogP contribution in [-0.4, -0.2) is 45.6 Å². The molecule has 2 N–H and O–H groups in total. The number of halogens is 1. The Morgan fingerprint density at radius 2 is 2.05 bits per heavy atom. The molecule has 1 saturated heterocycles. The molecule has 1 aliphatic heterocycles. The minimum Gasteiger partial charge on any atom is -0.369 e. The Hall–Kier alpha value is -1.27. The molecule has 2 heterocycles. The SMILES string of the molecule is Cc1cc2c(cc1F)nc(N)n2CCN1CCSCC1. The molecule has 108 valence electrons. The van der Waals surface area contributed by atoms with E-state index < -0.39 is 0 Å². The van der Waals surface area contributed by atoms with Gasteiger partial charge in [0.2, 0.25) is 5.95 Å². The molecule has 0 atom stereocenters. The first-order chi connectivity index (χ1) is 9.65. The van der Waals surface area contributed by atoms with Crippen molar-refractivity contribution in [3.8, 4) is 0 Å². The van der Waals surface area contributed by atoms with E-state index >= 15 is 0 Å². The monoisotopic (exact) mass is 294 g/mol. The highest BCUT2D eigenvalue weighted by Gasteiger charge is 2.14. The highest BCUT2D eigenvalue weighted by atomic mass is 32.2. The lowest BCUT2D eigenvalue weighted by Crippen LogP contribution is -2.35. The number of aromatic nitrogens is 2. The molecule has 1 aromatic carbocycles. The Balaban J connectivity index is 1.83. The van der Waals surface area contributed by atoms with Gasteiger partial charge in [0.25, 0.3) is 0 Å². The van der Waals surface area contributed by atoms with Gasteiger partial charge in [-0.2, -0.15) is 11.8 Å². The van der Waals surface area contributed by atoms with Crippen molar-refractivity contribution >= 4 is 28.7 Å². The Kier molecular flexibility index (Phi) is 3.85. The van der Waals surface area contributed by atoms with Crippen LogP contribution in [0.5, 0.6) is 0 Å². The summed E-state index contributed by atoms with van der Waals surface area (Å²) in [5.41, 5.74) is 8.17. The predicted octanol–water partition coefficient (Wildman–Crippen LogP) is 2.11. The molecule has 2 aromatic rings. The van der Waals surface area contributed by atoms with Crippen molar-refractivity contribution in [3.05, 3.63) is 23.5 Å². The maximum absolute atomic E-state index is 13.6. The number of hydrogen-bond donors (Lipinski definition) is 1. The first-order valence-electron chi connectivity index (χ1n) is 6.87. The number of thioether (sulfide) groups is 1. The second kappa shape index (κ2) is 5.61. The van der Waals surface area contributed by atoms with Crippen LogP contribution in [0, 0.1) is 12.7 Å². The maximum Gasteiger partial charge on any atom is 0.201 e. The lowest BCUT2D eigenvalue weighted by Gasteiger charge is -2.26. The van der Waals surface area contributed by atoms with E-state index in [-0.39, 0.29) is 5.82 Å². The molecule has 0 amide bonds. The number of rotatable bonds is 3. The molecule has 0 spiro atoms. The van der Waals surface area contributed by atoms with E-state index in [4.69, 9.17) is 5.73 Å². The molecular formula is C14H19FN4S. The molecule has 0 saturated carbocycles. The van der Waals surface area contributed by atoms with Crippen molar-refractivity contribution in [2.75, 3.05) is 36.9 Å². The van der Waals surface area contributed by atoms with Crippen LogP contribution in [0.1, 0.15) is 5.56 Å². The van der Waals surface area contributed by atoms with Gasteiger partial charge in [-0.3, -0.25) is 4.90 Å². The standard InChI is InChI=1S/C14H19FN4S/c1-10-8-13-12(9-11(10)15)17-14(16)19(13)3-2-18-4-6-20-7-5-18/h8-9H,2-7H2,1H3,(H2,16,17). The number of imidazole rings is 1. The van der Waals surface area contributed by atoms with Crippen molar-refractivity contribution in [1.82, 2.24) is 14.5 Å². The maximum atomic E-state index is 13.6. The number of aryl methyl sites for hydroxylation is 1. The molecule has 4 nitrogen and oxygen atoms in total. The van der Waals surface area contributed by atoms with Gasteiger partial charge >= 0.3 is 0 Å². The molecule has 6 heteroatoms. The number of nitrogens with zero attached hydrogens (tertiary/aromatic N) is 3. The zero-order valence-corrected chi connectivity index (χ0v) is 12.4. The molecule has 1 aromatic heterocycles. The molecule has 1 fully saturated rings. The quantitative estimate of drug-likeness (QED) is 0.942. The summed E-state index contributed by atoms with van der Waals surface area (Å²) < 4.78 is 15.6. The second-order valence-corrected chi connectivity index (χ2v) is 6.39. The summed E-state index contributed by atoms with van der Waals surface area (Å²) in [6.07, 6.45) is 0. The number of nitrogens with two attached hydrogens (primary N) is 1. The summed E-state index contributed by atoms with van der Waals surface area (Å²) in [5.74, 6) is 2.64. The minimum absolute atomic E-state index is 0.227. The number of benzene rings is 1. The first kappa shape index (κ1) is 13.7. The van der Waals surface area contributed by atoms with Gasteiger partial charge in [-0.25, -0.2) is 9.37 Å². The van der Waals surface area contributed by atoms with Crippen molar-refractivity contribution in [2.24, 2.45) is 0 Å². The number of nitrogen functional groups attached to an aromatic ring is 1. The third-order valence-electron chi connectivity index (χ3n) is 3.80. The van der Waals surface area contributed by atoms with Crippen LogP contribution in [0.25, 0.3) is 11.0 Å². The molecule has 3 rings (SSSR count). The Morgan fingerprint density at radius 3 is 2.80 bits per heavy atom. The van der Waals surface area contributed by atoms with Gasteiger partial charge in [0.1, 0.15) is 5.82 Å². The number of hydrogen-bond acceptors (Lipinski definition) is 4. The smallest absolute Gasteiger partial charge is 0.201 e. The lowest BCUT2D eigenvalue weighted by atomic mass is 10.2. The van der Waals surface area contributed by atoms with Gasteiger partial charge in [-0.1, -0.05) is 0 Å². The minimum atomic E-state index is -0.227. The molecule has 0 bridgehead atoms. The topological polar surface area (TPSA) is 47.1 Å². The third-order valence-corrected chi connectivity index (χ3v) is 4.74.